The van der Waals surface area contributed by atoms with Gasteiger partial charge in [0.1, 0.15) is 10.7 Å². The largest absolute Gasteiger partial charge is 0.467 e. The summed E-state index contributed by atoms with van der Waals surface area (Å²) < 4.78 is 28.6. The zero-order valence-corrected chi connectivity index (χ0v) is 15.6. The number of amidine groups is 1. The zero-order chi connectivity index (χ0) is 18.2. The monoisotopic (exact) mass is 401 g/mol. The quantitative estimate of drug-likeness (QED) is 0.810. The van der Waals surface area contributed by atoms with Gasteiger partial charge in [-0.25, -0.2) is 13.6 Å². The van der Waals surface area contributed by atoms with Gasteiger partial charge in [-0.3, -0.25) is 4.99 Å². The number of thioether (sulfide) groups is 1. The van der Waals surface area contributed by atoms with Gasteiger partial charge in [0.05, 0.1) is 23.6 Å². The third-order valence-corrected chi connectivity index (χ3v) is 6.50. The summed E-state index contributed by atoms with van der Waals surface area (Å²) in [5, 5.41) is 16.9. The molecule has 3 N–H and O–H groups in total. The number of nitrogens with zero attached hydrogens (tertiary/aromatic N) is 2. The van der Waals surface area contributed by atoms with Crippen molar-refractivity contribution < 1.29 is 17.9 Å². The van der Waals surface area contributed by atoms with Crippen molar-refractivity contribution in [2.75, 3.05) is 12.8 Å². The van der Waals surface area contributed by atoms with E-state index in [4.69, 9.17) is 21.2 Å². The number of benzene rings is 1. The van der Waals surface area contributed by atoms with Gasteiger partial charge in [-0.15, -0.1) is 0 Å². The molecule has 134 valence electrons. The summed E-state index contributed by atoms with van der Waals surface area (Å²) in [6.07, 6.45) is 1.57. The van der Waals surface area contributed by atoms with Crippen LogP contribution >= 0.6 is 23.4 Å². The molecule has 7 nitrogen and oxygen atoms in total. The van der Waals surface area contributed by atoms with E-state index < -0.39 is 15.7 Å². The van der Waals surface area contributed by atoms with Gasteiger partial charge in [0.15, 0.2) is 10.9 Å². The Bertz CT molecular complexity index is 915. The van der Waals surface area contributed by atoms with E-state index >= 15 is 0 Å². The van der Waals surface area contributed by atoms with Crippen LogP contribution in [0.5, 0.6) is 0 Å². The fourth-order valence-electron chi connectivity index (χ4n) is 2.46. The Morgan fingerprint density at radius 1 is 1.48 bits per heavy atom. The first-order chi connectivity index (χ1) is 11.7. The maximum absolute atomic E-state index is 11.7. The average molecular weight is 402 g/mol. The van der Waals surface area contributed by atoms with Gasteiger partial charge in [-0.1, -0.05) is 29.4 Å². The van der Waals surface area contributed by atoms with Crippen LogP contribution in [-0.4, -0.2) is 36.4 Å². The molecule has 1 atom stereocenters. The molecule has 1 aliphatic rings. The van der Waals surface area contributed by atoms with Crippen LogP contribution in [-0.2, 0) is 22.3 Å². The molecule has 10 heteroatoms. The molecular weight excluding hydrogens is 386 g/mol. The minimum atomic E-state index is -3.99. The van der Waals surface area contributed by atoms with Crippen LogP contribution in [0.15, 0.2) is 50.9 Å². The number of hydrogen-bond donors (Lipinski definition) is 2. The lowest BCUT2D eigenvalue weighted by atomic mass is 10.0. The van der Waals surface area contributed by atoms with Crippen LogP contribution in [0.4, 0.5) is 0 Å². The molecule has 0 radical (unpaired) electrons. The summed E-state index contributed by atoms with van der Waals surface area (Å²) in [5.41, 5.74) is -1.05. The summed E-state index contributed by atoms with van der Waals surface area (Å²) in [6, 6.07) is 7.87. The Labute approximate surface area is 154 Å². The predicted octanol–water partition coefficient (Wildman–Crippen LogP) is 1.96. The molecule has 0 amide bonds. The second kappa shape index (κ2) is 6.65. The first-order valence-electron chi connectivity index (χ1n) is 7.20. The third-order valence-electron chi connectivity index (χ3n) is 3.89. The van der Waals surface area contributed by atoms with Crippen LogP contribution < -0.4 is 5.14 Å². The highest BCUT2D eigenvalue weighted by molar-refractivity contribution is 8.14. The number of aliphatic hydroxyl groups is 1. The number of primary sulfonamides is 1. The fourth-order valence-corrected chi connectivity index (χ4v) is 4.73. The highest BCUT2D eigenvalue weighted by atomic mass is 35.5. The van der Waals surface area contributed by atoms with Crippen LogP contribution in [0.3, 0.4) is 0 Å². The molecule has 1 saturated heterocycles. The second-order valence-electron chi connectivity index (χ2n) is 5.53. The van der Waals surface area contributed by atoms with Gasteiger partial charge in [0, 0.05) is 12.6 Å². The number of sulfonamides is 1. The minimum Gasteiger partial charge on any atom is -0.467 e. The van der Waals surface area contributed by atoms with Crippen molar-refractivity contribution in [3.05, 3.63) is 52.9 Å². The van der Waals surface area contributed by atoms with Gasteiger partial charge < -0.3 is 14.4 Å². The molecule has 2 heterocycles. The Hall–Kier alpha value is -1.52. The number of aliphatic imine (C=N–C) groups is 1. The lowest BCUT2D eigenvalue weighted by Crippen LogP contribution is -2.42. The first-order valence-corrected chi connectivity index (χ1v) is 10.1. The molecule has 1 aliphatic heterocycles. The Kier molecular flexibility index (Phi) is 4.86. The zero-order valence-electron chi connectivity index (χ0n) is 13.2. The van der Waals surface area contributed by atoms with Crippen LogP contribution in [0.2, 0.25) is 5.02 Å². The van der Waals surface area contributed by atoms with Gasteiger partial charge in [-0.05, 0) is 24.3 Å². The molecular formula is C15H16ClN3O4S2. The van der Waals surface area contributed by atoms with E-state index in [0.717, 1.165) is 0 Å². The molecule has 1 fully saturated rings. The van der Waals surface area contributed by atoms with Crippen molar-refractivity contribution in [1.29, 1.82) is 0 Å². The topological polar surface area (TPSA) is 109 Å². The van der Waals surface area contributed by atoms with Crippen LogP contribution in [0.1, 0.15) is 11.3 Å². The Balaban J connectivity index is 1.91. The lowest BCUT2D eigenvalue weighted by Gasteiger charge is -2.31. The number of hydrogen-bond acceptors (Lipinski definition) is 6. The van der Waals surface area contributed by atoms with Crippen molar-refractivity contribution in [1.82, 2.24) is 4.90 Å². The van der Waals surface area contributed by atoms with E-state index in [9.17, 15) is 13.5 Å². The van der Waals surface area contributed by atoms with Crippen molar-refractivity contribution >= 4 is 38.6 Å². The van der Waals surface area contributed by atoms with Crippen molar-refractivity contribution in [3.8, 4) is 0 Å². The van der Waals surface area contributed by atoms with Crippen molar-refractivity contribution in [2.24, 2.45) is 10.1 Å². The molecule has 0 spiro atoms. The van der Waals surface area contributed by atoms with E-state index in [0.29, 0.717) is 23.0 Å². The Morgan fingerprint density at radius 3 is 2.88 bits per heavy atom. The van der Waals surface area contributed by atoms with Gasteiger partial charge in [-0.2, -0.15) is 0 Å². The van der Waals surface area contributed by atoms with Crippen LogP contribution in [0, 0.1) is 0 Å². The summed E-state index contributed by atoms with van der Waals surface area (Å²) in [7, 11) is -2.31. The standard InChI is InChI=1S/C15H16ClN3O4S2/c1-19-14(18-8-11-3-2-6-23-11)24-9-15(19,20)10-4-5-12(16)13(7-10)25(17,21)22/h2-7,20H,8-9H2,1H3,(H2,17,21,22). The fraction of sp³-hybridized carbons (Fsp3) is 0.267. The smallest absolute Gasteiger partial charge is 0.239 e. The average Bonchev–Trinajstić information content (AvgIpc) is 3.15. The molecule has 3 rings (SSSR count). The normalized spacial score (nSPS) is 22.7. The molecule has 0 bridgehead atoms. The summed E-state index contributed by atoms with van der Waals surface area (Å²) in [5.74, 6) is 0.992. The van der Waals surface area contributed by atoms with Gasteiger partial charge in [0.25, 0.3) is 0 Å². The van der Waals surface area contributed by atoms with Gasteiger partial charge >= 0.3 is 0 Å². The molecule has 1 unspecified atom stereocenters. The van der Waals surface area contributed by atoms with Crippen molar-refractivity contribution in [2.45, 2.75) is 17.2 Å². The summed E-state index contributed by atoms with van der Waals surface area (Å²) in [6.45, 7) is 0.346. The SMILES string of the molecule is CN1C(=NCc2ccco2)SCC1(O)c1ccc(Cl)c(S(N)(=O)=O)c1. The number of rotatable bonds is 4. The number of furan rings is 1. The van der Waals surface area contributed by atoms with E-state index in [-0.39, 0.29) is 15.7 Å². The number of halogens is 1. The van der Waals surface area contributed by atoms with Crippen LogP contribution in [0.25, 0.3) is 0 Å². The maximum atomic E-state index is 11.7. The second-order valence-corrected chi connectivity index (χ2v) is 8.41. The molecule has 1 aromatic carbocycles. The predicted molar refractivity (Wildman–Crippen MR) is 96.8 cm³/mol. The van der Waals surface area contributed by atoms with E-state index in [1.807, 2.05) is 6.07 Å². The molecule has 25 heavy (non-hydrogen) atoms. The van der Waals surface area contributed by atoms with E-state index in [1.54, 1.807) is 30.3 Å². The maximum Gasteiger partial charge on any atom is 0.239 e. The molecule has 2 aromatic rings. The van der Waals surface area contributed by atoms with E-state index in [1.165, 1.54) is 23.9 Å². The molecule has 0 saturated carbocycles. The molecule has 1 aromatic heterocycles. The lowest BCUT2D eigenvalue weighted by molar-refractivity contribution is -0.0350. The van der Waals surface area contributed by atoms with E-state index in [2.05, 4.69) is 4.99 Å². The van der Waals surface area contributed by atoms with Crippen molar-refractivity contribution in [3.63, 3.8) is 0 Å². The third kappa shape index (κ3) is 3.56. The van der Waals surface area contributed by atoms with Gasteiger partial charge in [0.2, 0.25) is 10.0 Å². The number of nitrogens with two attached hydrogens (primary N) is 1. The Morgan fingerprint density at radius 2 is 2.24 bits per heavy atom. The highest BCUT2D eigenvalue weighted by Gasteiger charge is 2.43. The minimum absolute atomic E-state index is 0.00913. The summed E-state index contributed by atoms with van der Waals surface area (Å²) in [4.78, 5) is 5.81. The summed E-state index contributed by atoms with van der Waals surface area (Å²) >= 11 is 7.27. The molecule has 0 aliphatic carbocycles. The highest BCUT2D eigenvalue weighted by Crippen LogP contribution is 2.39. The first kappa shape index (κ1) is 18.3.